The monoisotopic (exact) mass is 438 g/mol. The van der Waals surface area contributed by atoms with Gasteiger partial charge in [-0.3, -0.25) is 9.10 Å². The maximum Gasteiger partial charge on any atom is 0.232 e. The first-order valence-electron chi connectivity index (χ1n) is 9.99. The van der Waals surface area contributed by atoms with E-state index in [1.54, 1.807) is 24.3 Å². The van der Waals surface area contributed by atoms with Gasteiger partial charge in [0.25, 0.3) is 0 Å². The summed E-state index contributed by atoms with van der Waals surface area (Å²) in [6.07, 6.45) is 1.73. The highest BCUT2D eigenvalue weighted by molar-refractivity contribution is 7.92. The number of nitrogens with one attached hydrogen (secondary N) is 1. The van der Waals surface area contributed by atoms with Gasteiger partial charge >= 0.3 is 0 Å². The Morgan fingerprint density at radius 1 is 0.935 bits per heavy atom. The Bertz CT molecular complexity index is 1110. The topological polar surface area (TPSA) is 75.7 Å². The summed E-state index contributed by atoms with van der Waals surface area (Å²) >= 11 is 0. The van der Waals surface area contributed by atoms with E-state index in [9.17, 15) is 13.2 Å². The first kappa shape index (κ1) is 22.4. The third kappa shape index (κ3) is 6.58. The lowest BCUT2D eigenvalue weighted by Crippen LogP contribution is -2.31. The summed E-state index contributed by atoms with van der Waals surface area (Å²) in [5, 5.41) is 2.86. The van der Waals surface area contributed by atoms with Gasteiger partial charge in [0.2, 0.25) is 15.9 Å². The van der Waals surface area contributed by atoms with Crippen LogP contribution in [-0.4, -0.2) is 27.1 Å². The van der Waals surface area contributed by atoms with Gasteiger partial charge in [-0.25, -0.2) is 8.42 Å². The van der Waals surface area contributed by atoms with Gasteiger partial charge < -0.3 is 10.1 Å². The van der Waals surface area contributed by atoms with Crippen molar-refractivity contribution in [2.45, 2.75) is 19.8 Å². The van der Waals surface area contributed by atoms with Gasteiger partial charge in [0.1, 0.15) is 5.75 Å². The largest absolute Gasteiger partial charge is 0.455 e. The quantitative estimate of drug-likeness (QED) is 0.512. The van der Waals surface area contributed by atoms with E-state index in [-0.39, 0.29) is 18.9 Å². The predicted octanol–water partition coefficient (Wildman–Crippen LogP) is 4.97. The molecule has 0 saturated carbocycles. The molecule has 0 aliphatic rings. The average molecular weight is 439 g/mol. The van der Waals surface area contributed by atoms with Crippen molar-refractivity contribution in [1.29, 1.82) is 0 Å². The van der Waals surface area contributed by atoms with Crippen LogP contribution in [0.5, 0.6) is 11.5 Å². The van der Waals surface area contributed by atoms with Crippen LogP contribution >= 0.6 is 0 Å². The summed E-state index contributed by atoms with van der Waals surface area (Å²) in [7, 11) is -3.45. The Morgan fingerprint density at radius 2 is 1.58 bits per heavy atom. The predicted molar refractivity (Wildman–Crippen MR) is 124 cm³/mol. The van der Waals surface area contributed by atoms with Gasteiger partial charge in [0, 0.05) is 13.0 Å². The van der Waals surface area contributed by atoms with Crippen LogP contribution in [0.4, 0.5) is 11.4 Å². The molecule has 3 aromatic rings. The zero-order valence-electron chi connectivity index (χ0n) is 17.6. The number of carbonyl (C=O) groups excluding carboxylic acids is 1. The fraction of sp³-hybridized carbons (Fsp3) is 0.208. The van der Waals surface area contributed by atoms with Crippen molar-refractivity contribution in [2.24, 2.45) is 0 Å². The number of hydrogen-bond acceptors (Lipinski definition) is 4. The molecule has 1 N–H and O–H groups in total. The van der Waals surface area contributed by atoms with E-state index < -0.39 is 10.0 Å². The third-order valence-electron chi connectivity index (χ3n) is 4.62. The van der Waals surface area contributed by atoms with Crippen molar-refractivity contribution in [3.63, 3.8) is 0 Å². The van der Waals surface area contributed by atoms with Gasteiger partial charge in [-0.2, -0.15) is 0 Å². The summed E-state index contributed by atoms with van der Waals surface area (Å²) in [6.45, 7) is 2.16. The fourth-order valence-electron chi connectivity index (χ4n) is 3.07. The van der Waals surface area contributed by atoms with Gasteiger partial charge in [0.05, 0.1) is 17.6 Å². The smallest absolute Gasteiger partial charge is 0.232 e. The lowest BCUT2D eigenvalue weighted by atomic mass is 10.2. The highest BCUT2D eigenvalue weighted by atomic mass is 32.2. The molecule has 0 aromatic heterocycles. The van der Waals surface area contributed by atoms with E-state index in [1.807, 2.05) is 61.5 Å². The standard InChI is InChI=1S/C24H26N2O4S/c1-19-14-16-20(17-15-19)26(31(2,28)29)18-8-13-24(27)25-22-11-6-7-12-23(22)30-21-9-4-3-5-10-21/h3-7,9-12,14-17H,8,13,18H2,1-2H3,(H,25,27). The normalized spacial score (nSPS) is 11.0. The van der Waals surface area contributed by atoms with Crippen LogP contribution in [0.1, 0.15) is 18.4 Å². The summed E-state index contributed by atoms with van der Waals surface area (Å²) in [5.74, 6) is 1.01. The molecule has 0 atom stereocenters. The molecule has 0 saturated heterocycles. The number of carbonyl (C=O) groups is 1. The van der Waals surface area contributed by atoms with Crippen LogP contribution in [-0.2, 0) is 14.8 Å². The first-order valence-corrected chi connectivity index (χ1v) is 11.8. The highest BCUT2D eigenvalue weighted by Gasteiger charge is 2.17. The number of rotatable bonds is 9. The maximum atomic E-state index is 12.5. The van der Waals surface area contributed by atoms with Crippen molar-refractivity contribution in [3.05, 3.63) is 84.4 Å². The molecule has 0 bridgehead atoms. The second kappa shape index (κ2) is 10.1. The molecule has 31 heavy (non-hydrogen) atoms. The van der Waals surface area contributed by atoms with E-state index in [0.29, 0.717) is 29.3 Å². The molecular weight excluding hydrogens is 412 g/mol. The zero-order valence-corrected chi connectivity index (χ0v) is 18.4. The number of amides is 1. The second-order valence-electron chi connectivity index (χ2n) is 7.23. The lowest BCUT2D eigenvalue weighted by Gasteiger charge is -2.22. The maximum absolute atomic E-state index is 12.5. The van der Waals surface area contributed by atoms with Crippen molar-refractivity contribution >= 4 is 27.3 Å². The Hall–Kier alpha value is -3.32. The Balaban J connectivity index is 1.60. The van der Waals surface area contributed by atoms with Gasteiger partial charge in [-0.1, -0.05) is 48.0 Å². The highest BCUT2D eigenvalue weighted by Crippen LogP contribution is 2.29. The van der Waals surface area contributed by atoms with Crippen molar-refractivity contribution in [3.8, 4) is 11.5 Å². The van der Waals surface area contributed by atoms with E-state index in [4.69, 9.17) is 4.74 Å². The molecule has 1 amide bonds. The Labute approximate surface area is 183 Å². The molecule has 0 heterocycles. The van der Waals surface area contributed by atoms with Gasteiger partial charge in [0.15, 0.2) is 5.75 Å². The first-order chi connectivity index (χ1) is 14.8. The number of aryl methyl sites for hydroxylation is 1. The molecule has 7 heteroatoms. The van der Waals surface area contributed by atoms with Crippen molar-refractivity contribution in [2.75, 3.05) is 22.4 Å². The molecule has 0 spiro atoms. The average Bonchev–Trinajstić information content (AvgIpc) is 2.73. The van der Waals surface area contributed by atoms with Crippen molar-refractivity contribution < 1.29 is 17.9 Å². The molecule has 0 aliphatic heterocycles. The number of benzene rings is 3. The van der Waals surface area contributed by atoms with Gasteiger partial charge in [-0.15, -0.1) is 0 Å². The lowest BCUT2D eigenvalue weighted by molar-refractivity contribution is -0.116. The molecule has 0 radical (unpaired) electrons. The van der Waals surface area contributed by atoms with Crippen molar-refractivity contribution in [1.82, 2.24) is 0 Å². The van der Waals surface area contributed by atoms with Crippen LogP contribution in [0.25, 0.3) is 0 Å². The summed E-state index contributed by atoms with van der Waals surface area (Å²) < 4.78 is 31.6. The fourth-order valence-corrected chi connectivity index (χ4v) is 4.03. The summed E-state index contributed by atoms with van der Waals surface area (Å²) in [5.41, 5.74) is 2.21. The molecule has 0 aliphatic carbocycles. The Kier molecular flexibility index (Phi) is 7.31. The van der Waals surface area contributed by atoms with Crippen LogP contribution in [0.15, 0.2) is 78.9 Å². The number of nitrogens with zero attached hydrogens (tertiary/aromatic N) is 1. The Morgan fingerprint density at radius 3 is 2.26 bits per heavy atom. The zero-order chi connectivity index (χ0) is 22.3. The third-order valence-corrected chi connectivity index (χ3v) is 5.81. The number of para-hydroxylation sites is 3. The molecule has 6 nitrogen and oxygen atoms in total. The van der Waals surface area contributed by atoms with E-state index in [2.05, 4.69) is 5.32 Å². The molecule has 3 rings (SSSR count). The van der Waals surface area contributed by atoms with Gasteiger partial charge in [-0.05, 0) is 49.7 Å². The second-order valence-corrected chi connectivity index (χ2v) is 9.14. The minimum Gasteiger partial charge on any atom is -0.455 e. The minimum atomic E-state index is -3.45. The number of sulfonamides is 1. The number of ether oxygens (including phenoxy) is 1. The molecule has 0 fully saturated rings. The van der Waals surface area contributed by atoms with Crippen LogP contribution in [0, 0.1) is 6.92 Å². The summed E-state index contributed by atoms with van der Waals surface area (Å²) in [6, 6.07) is 23.8. The SMILES string of the molecule is Cc1ccc(N(CCCC(=O)Nc2ccccc2Oc2ccccc2)S(C)(=O)=O)cc1. The van der Waals surface area contributed by atoms with Crippen LogP contribution in [0.3, 0.4) is 0 Å². The van der Waals surface area contributed by atoms with E-state index >= 15 is 0 Å². The van der Waals surface area contributed by atoms with E-state index in [0.717, 1.165) is 5.56 Å². The number of anilines is 2. The number of hydrogen-bond donors (Lipinski definition) is 1. The van der Waals surface area contributed by atoms with Crippen LogP contribution in [0.2, 0.25) is 0 Å². The molecular formula is C24H26N2O4S. The van der Waals surface area contributed by atoms with Crippen LogP contribution < -0.4 is 14.4 Å². The van der Waals surface area contributed by atoms with E-state index in [1.165, 1.54) is 10.6 Å². The minimum absolute atomic E-state index is 0.178. The molecule has 162 valence electrons. The molecule has 3 aromatic carbocycles. The molecule has 0 unspecified atom stereocenters. The summed E-state index contributed by atoms with van der Waals surface area (Å²) in [4.78, 5) is 12.5.